The maximum absolute atomic E-state index is 13.6. The minimum absolute atomic E-state index is 0.0809. The average molecular weight is 361 g/mol. The molecule has 0 atom stereocenters. The summed E-state index contributed by atoms with van der Waals surface area (Å²) < 4.78 is 15.3. The first kappa shape index (κ1) is 18.0. The first-order valence-electron chi connectivity index (χ1n) is 8.27. The van der Waals surface area contributed by atoms with Crippen LogP contribution in [0.3, 0.4) is 0 Å². The SMILES string of the molecule is N#CCCn1cc(/C=N\NC(=O)c2ccccc2F)c(-c2ccccc2)n1. The summed E-state index contributed by atoms with van der Waals surface area (Å²) in [4.78, 5) is 12.0. The van der Waals surface area contributed by atoms with Crippen LogP contribution in [0, 0.1) is 17.1 Å². The van der Waals surface area contributed by atoms with E-state index in [4.69, 9.17) is 5.26 Å². The number of nitrogens with zero attached hydrogens (tertiary/aromatic N) is 4. The van der Waals surface area contributed by atoms with Crippen LogP contribution in [0.4, 0.5) is 4.39 Å². The lowest BCUT2D eigenvalue weighted by atomic mass is 10.1. The van der Waals surface area contributed by atoms with Crippen molar-refractivity contribution in [1.29, 1.82) is 5.26 Å². The van der Waals surface area contributed by atoms with Crippen molar-refractivity contribution in [2.24, 2.45) is 5.10 Å². The predicted octanol–water partition coefficient (Wildman–Crippen LogP) is 3.37. The van der Waals surface area contributed by atoms with Crippen molar-refractivity contribution in [2.75, 3.05) is 0 Å². The molecule has 7 heteroatoms. The molecule has 0 saturated heterocycles. The van der Waals surface area contributed by atoms with E-state index in [9.17, 15) is 9.18 Å². The minimum atomic E-state index is -0.637. The molecule has 0 fully saturated rings. The Labute approximate surface area is 155 Å². The van der Waals surface area contributed by atoms with Gasteiger partial charge in [-0.05, 0) is 12.1 Å². The third-order valence-electron chi connectivity index (χ3n) is 3.78. The second kappa shape index (κ2) is 8.54. The number of amides is 1. The Balaban J connectivity index is 1.82. The number of aromatic nitrogens is 2. The van der Waals surface area contributed by atoms with Crippen molar-refractivity contribution in [3.8, 4) is 17.3 Å². The van der Waals surface area contributed by atoms with Crippen LogP contribution in [0.2, 0.25) is 0 Å². The highest BCUT2D eigenvalue weighted by atomic mass is 19.1. The van der Waals surface area contributed by atoms with E-state index >= 15 is 0 Å². The van der Waals surface area contributed by atoms with E-state index < -0.39 is 11.7 Å². The van der Waals surface area contributed by atoms with Gasteiger partial charge in [0.25, 0.3) is 5.91 Å². The van der Waals surface area contributed by atoms with Gasteiger partial charge in [0.15, 0.2) is 0 Å². The Hall–Kier alpha value is -3.79. The molecule has 2 aromatic carbocycles. The number of benzene rings is 2. The molecule has 1 heterocycles. The van der Waals surface area contributed by atoms with Gasteiger partial charge in [-0.2, -0.15) is 15.5 Å². The van der Waals surface area contributed by atoms with E-state index in [1.165, 1.54) is 24.4 Å². The maximum atomic E-state index is 13.6. The molecule has 0 aliphatic rings. The van der Waals surface area contributed by atoms with Gasteiger partial charge in [-0.25, -0.2) is 9.82 Å². The fourth-order valence-corrected chi connectivity index (χ4v) is 2.50. The highest BCUT2D eigenvalue weighted by Crippen LogP contribution is 2.20. The lowest BCUT2D eigenvalue weighted by Gasteiger charge is -2.01. The van der Waals surface area contributed by atoms with E-state index in [1.54, 1.807) is 16.9 Å². The average Bonchev–Trinajstić information content (AvgIpc) is 3.10. The molecule has 0 aliphatic carbocycles. The van der Waals surface area contributed by atoms with Crippen LogP contribution < -0.4 is 5.43 Å². The predicted molar refractivity (Wildman–Crippen MR) is 99.4 cm³/mol. The molecule has 6 nitrogen and oxygen atoms in total. The number of carbonyl (C=O) groups excluding carboxylic acids is 1. The summed E-state index contributed by atoms with van der Waals surface area (Å²) in [5.74, 6) is -1.25. The van der Waals surface area contributed by atoms with Gasteiger partial charge in [0.2, 0.25) is 0 Å². The molecular weight excluding hydrogens is 345 g/mol. The van der Waals surface area contributed by atoms with E-state index in [-0.39, 0.29) is 5.56 Å². The molecule has 134 valence electrons. The summed E-state index contributed by atoms with van der Waals surface area (Å²) in [5, 5.41) is 17.2. The molecule has 3 aromatic rings. The van der Waals surface area contributed by atoms with Crippen molar-refractivity contribution in [3.63, 3.8) is 0 Å². The van der Waals surface area contributed by atoms with E-state index in [0.717, 1.165) is 5.56 Å². The fourth-order valence-electron chi connectivity index (χ4n) is 2.50. The van der Waals surface area contributed by atoms with Crippen LogP contribution in [0.25, 0.3) is 11.3 Å². The molecule has 0 aliphatic heterocycles. The van der Waals surface area contributed by atoms with Gasteiger partial charge in [0.05, 0.1) is 30.8 Å². The highest BCUT2D eigenvalue weighted by Gasteiger charge is 2.11. The van der Waals surface area contributed by atoms with Crippen molar-refractivity contribution in [1.82, 2.24) is 15.2 Å². The number of nitriles is 1. The van der Waals surface area contributed by atoms with Crippen molar-refractivity contribution < 1.29 is 9.18 Å². The van der Waals surface area contributed by atoms with Crippen LogP contribution >= 0.6 is 0 Å². The summed E-state index contributed by atoms with van der Waals surface area (Å²) in [7, 11) is 0. The number of aryl methyl sites for hydroxylation is 1. The van der Waals surface area contributed by atoms with Gasteiger partial charge < -0.3 is 0 Å². The van der Waals surface area contributed by atoms with Gasteiger partial charge in [-0.3, -0.25) is 9.48 Å². The fraction of sp³-hybridized carbons (Fsp3) is 0.100. The lowest BCUT2D eigenvalue weighted by molar-refractivity contribution is 0.0951. The van der Waals surface area contributed by atoms with E-state index in [2.05, 4.69) is 21.7 Å². The second-order valence-corrected chi connectivity index (χ2v) is 5.65. The molecule has 27 heavy (non-hydrogen) atoms. The second-order valence-electron chi connectivity index (χ2n) is 5.65. The van der Waals surface area contributed by atoms with Crippen molar-refractivity contribution >= 4 is 12.1 Å². The van der Waals surface area contributed by atoms with E-state index in [1.807, 2.05) is 30.3 Å². The van der Waals surface area contributed by atoms with Crippen LogP contribution in [0.15, 0.2) is 65.9 Å². The number of nitrogens with one attached hydrogen (secondary N) is 1. The number of hydrazone groups is 1. The summed E-state index contributed by atoms with van der Waals surface area (Å²) in [5.41, 5.74) is 4.48. The minimum Gasteiger partial charge on any atom is -0.270 e. The van der Waals surface area contributed by atoms with E-state index in [0.29, 0.717) is 24.2 Å². The topological polar surface area (TPSA) is 83.1 Å². The molecule has 0 bridgehead atoms. The molecule has 3 rings (SSSR count). The number of halogens is 1. The third-order valence-corrected chi connectivity index (χ3v) is 3.78. The van der Waals surface area contributed by atoms with Gasteiger partial charge in [-0.1, -0.05) is 42.5 Å². The molecule has 0 unspecified atom stereocenters. The van der Waals surface area contributed by atoms with Gasteiger partial charge in [0.1, 0.15) is 11.5 Å². The molecule has 1 N–H and O–H groups in total. The number of carbonyl (C=O) groups is 1. The largest absolute Gasteiger partial charge is 0.274 e. The molecule has 0 saturated carbocycles. The normalized spacial score (nSPS) is 10.7. The monoisotopic (exact) mass is 361 g/mol. The Bertz CT molecular complexity index is 1000. The number of hydrogen-bond acceptors (Lipinski definition) is 4. The molecule has 0 radical (unpaired) electrons. The summed E-state index contributed by atoms with van der Waals surface area (Å²) in [6.07, 6.45) is 3.53. The smallest absolute Gasteiger partial charge is 0.270 e. The Morgan fingerprint density at radius 1 is 1.22 bits per heavy atom. The zero-order valence-electron chi connectivity index (χ0n) is 14.3. The first-order chi connectivity index (χ1) is 13.2. The summed E-state index contributed by atoms with van der Waals surface area (Å²) >= 11 is 0. The van der Waals surface area contributed by atoms with Crippen molar-refractivity contribution in [2.45, 2.75) is 13.0 Å². The van der Waals surface area contributed by atoms with Gasteiger partial charge in [0, 0.05) is 17.3 Å². The van der Waals surface area contributed by atoms with Crippen molar-refractivity contribution in [3.05, 3.63) is 77.7 Å². The molecule has 1 aromatic heterocycles. The zero-order valence-corrected chi connectivity index (χ0v) is 14.3. The summed E-state index contributed by atoms with van der Waals surface area (Å²) in [6.45, 7) is 0.450. The Kier molecular flexibility index (Phi) is 5.70. The number of rotatable bonds is 6. The van der Waals surface area contributed by atoms with Gasteiger partial charge in [-0.15, -0.1) is 0 Å². The molecular formula is C20H16FN5O. The highest BCUT2D eigenvalue weighted by molar-refractivity contribution is 5.95. The van der Waals surface area contributed by atoms with Crippen LogP contribution in [-0.4, -0.2) is 21.9 Å². The first-order valence-corrected chi connectivity index (χ1v) is 8.27. The standard InChI is InChI=1S/C20H16FN5O/c21-18-10-5-4-9-17(18)20(27)24-23-13-16-14-26(12-6-11-22)25-19(16)15-7-2-1-3-8-15/h1-5,7-10,13-14H,6,12H2,(H,24,27)/b23-13-. The van der Waals surface area contributed by atoms with Crippen LogP contribution in [0.1, 0.15) is 22.3 Å². The summed E-state index contributed by atoms with van der Waals surface area (Å²) in [6, 6.07) is 17.3. The van der Waals surface area contributed by atoms with Gasteiger partial charge >= 0.3 is 0 Å². The number of hydrogen-bond donors (Lipinski definition) is 1. The zero-order chi connectivity index (χ0) is 19.1. The Morgan fingerprint density at radius 2 is 1.96 bits per heavy atom. The molecule has 1 amide bonds. The maximum Gasteiger partial charge on any atom is 0.274 e. The Morgan fingerprint density at radius 3 is 2.70 bits per heavy atom. The third kappa shape index (κ3) is 4.44. The van der Waals surface area contributed by atoms with Crippen LogP contribution in [0.5, 0.6) is 0 Å². The lowest BCUT2D eigenvalue weighted by Crippen LogP contribution is -2.18. The molecule has 0 spiro atoms. The van der Waals surface area contributed by atoms with Crippen LogP contribution in [-0.2, 0) is 6.54 Å². The quantitative estimate of drug-likeness (QED) is 0.540.